The van der Waals surface area contributed by atoms with Gasteiger partial charge in [-0.05, 0) is 70.6 Å². The summed E-state index contributed by atoms with van der Waals surface area (Å²) >= 11 is 0. The van der Waals surface area contributed by atoms with E-state index in [1.165, 1.54) is 167 Å². The van der Waals surface area contributed by atoms with E-state index in [0.29, 0.717) is 13.0 Å². The van der Waals surface area contributed by atoms with Gasteiger partial charge in [-0.2, -0.15) is 0 Å². The molecule has 0 fully saturated rings. The van der Waals surface area contributed by atoms with Crippen LogP contribution in [0.3, 0.4) is 0 Å². The summed E-state index contributed by atoms with van der Waals surface area (Å²) < 4.78 is 33.5. The molecular weight excluding hydrogens is 758 g/mol. The van der Waals surface area contributed by atoms with Crippen LogP contribution in [-0.4, -0.2) is 49.9 Å². The lowest BCUT2D eigenvalue weighted by atomic mass is 10.0. The van der Waals surface area contributed by atoms with Gasteiger partial charge in [0, 0.05) is 19.6 Å². The predicted molar refractivity (Wildman–Crippen MR) is 252 cm³/mol. The van der Waals surface area contributed by atoms with Crippen LogP contribution in [0.4, 0.5) is 0 Å². The normalized spacial score (nSPS) is 13.6. The van der Waals surface area contributed by atoms with E-state index >= 15 is 0 Å². The van der Waals surface area contributed by atoms with Gasteiger partial charge in [0.2, 0.25) is 0 Å². The Bertz CT molecular complexity index is 1000. The zero-order chi connectivity index (χ0) is 43.0. The molecule has 0 bridgehead atoms. The lowest BCUT2D eigenvalue weighted by molar-refractivity contribution is -0.154. The van der Waals surface area contributed by atoms with Crippen LogP contribution in [0.5, 0.6) is 0 Å². The molecule has 0 radical (unpaired) electrons. The fraction of sp³-hybridized carbons (Fsp3) is 0.860. The molecule has 0 aromatic rings. The topological polar surface area (TPSA) is 117 Å². The molecule has 0 aliphatic carbocycles. The van der Waals surface area contributed by atoms with Gasteiger partial charge in [0.25, 0.3) is 0 Å². The molecule has 0 aliphatic heterocycles. The van der Waals surface area contributed by atoms with Crippen molar-refractivity contribution in [2.75, 3.05) is 33.0 Å². The second-order valence-electron chi connectivity index (χ2n) is 16.7. The lowest BCUT2D eigenvalue weighted by Crippen LogP contribution is -2.28. The molecule has 8 nitrogen and oxygen atoms in total. The second kappa shape index (κ2) is 47.8. The summed E-state index contributed by atoms with van der Waals surface area (Å²) in [7, 11) is -4.28. The van der Waals surface area contributed by atoms with E-state index in [1.807, 2.05) is 0 Å². The van der Waals surface area contributed by atoms with Gasteiger partial charge >= 0.3 is 13.8 Å². The van der Waals surface area contributed by atoms with E-state index < -0.39 is 13.9 Å². The van der Waals surface area contributed by atoms with Crippen molar-refractivity contribution in [2.45, 2.75) is 245 Å². The van der Waals surface area contributed by atoms with Crippen molar-refractivity contribution < 1.29 is 32.8 Å². The number of hydrogen-bond acceptors (Lipinski definition) is 7. The van der Waals surface area contributed by atoms with Gasteiger partial charge in [0.1, 0.15) is 6.10 Å². The number of carbonyl (C=O) groups is 1. The third-order valence-electron chi connectivity index (χ3n) is 10.8. The standard InChI is InChI=1S/C50H96NO7P/c1-3-5-7-9-11-13-15-17-19-21-22-23-24-25-26-27-28-30-32-34-36-38-40-42-45-55-47-49(48-57-59(53,54)56-46-44-51)58-50(52)43-41-39-37-35-33-31-29-20-18-16-14-12-10-8-6-4-2/h15,17,20-22,29,49H,3-14,16,18-19,23-28,30-48,51H2,1-2H3,(H,53,54)/b17-15-,22-21-,29-20-. The first-order valence-corrected chi connectivity index (χ1v) is 26.5. The summed E-state index contributed by atoms with van der Waals surface area (Å²) in [6.45, 7) is 4.93. The molecule has 9 heteroatoms. The van der Waals surface area contributed by atoms with Crippen LogP contribution in [0.25, 0.3) is 0 Å². The molecule has 0 spiro atoms. The van der Waals surface area contributed by atoms with Crippen LogP contribution in [-0.2, 0) is 27.9 Å². The summed E-state index contributed by atoms with van der Waals surface area (Å²) in [6, 6.07) is 0. The number of ether oxygens (including phenoxy) is 2. The Labute approximate surface area is 365 Å². The van der Waals surface area contributed by atoms with Gasteiger partial charge in [-0.3, -0.25) is 13.8 Å². The summed E-state index contributed by atoms with van der Waals surface area (Å²) in [5.41, 5.74) is 5.38. The number of phosphoric ester groups is 1. The first-order valence-electron chi connectivity index (χ1n) is 25.0. The molecule has 2 atom stereocenters. The highest BCUT2D eigenvalue weighted by Gasteiger charge is 2.25. The average molecular weight is 854 g/mol. The van der Waals surface area contributed by atoms with Crippen LogP contribution in [0, 0.1) is 0 Å². The van der Waals surface area contributed by atoms with Crippen LogP contribution >= 0.6 is 7.82 Å². The van der Waals surface area contributed by atoms with Crippen molar-refractivity contribution in [2.24, 2.45) is 5.73 Å². The van der Waals surface area contributed by atoms with Crippen molar-refractivity contribution in [3.8, 4) is 0 Å². The number of rotatable bonds is 48. The molecule has 0 aliphatic rings. The van der Waals surface area contributed by atoms with Gasteiger partial charge in [0.15, 0.2) is 0 Å². The van der Waals surface area contributed by atoms with Gasteiger partial charge in [-0.15, -0.1) is 0 Å². The SMILES string of the molecule is CCCCCCC/C=C\C/C=C\CCCCCCCCCCCCCCOCC(COP(=O)(O)OCCN)OC(=O)CCCCCCC/C=C\CCCCCCCCC. The monoisotopic (exact) mass is 854 g/mol. The number of esters is 1. The molecule has 0 aromatic heterocycles. The first-order chi connectivity index (χ1) is 28.9. The van der Waals surface area contributed by atoms with Gasteiger partial charge in [-0.1, -0.05) is 198 Å². The second-order valence-corrected chi connectivity index (χ2v) is 18.1. The predicted octanol–water partition coefficient (Wildman–Crippen LogP) is 15.4. The molecule has 0 aromatic carbocycles. The number of allylic oxidation sites excluding steroid dienone is 6. The van der Waals surface area contributed by atoms with Crippen LogP contribution in [0.1, 0.15) is 239 Å². The van der Waals surface area contributed by atoms with Gasteiger partial charge in [-0.25, -0.2) is 4.57 Å². The molecule has 0 heterocycles. The molecular formula is C50H96NO7P. The minimum absolute atomic E-state index is 0.0967. The van der Waals surface area contributed by atoms with Crippen molar-refractivity contribution in [3.05, 3.63) is 36.5 Å². The van der Waals surface area contributed by atoms with E-state index in [-0.39, 0.29) is 32.3 Å². The summed E-state index contributed by atoms with van der Waals surface area (Å²) in [6.07, 6.45) is 56.0. The summed E-state index contributed by atoms with van der Waals surface area (Å²) in [4.78, 5) is 22.5. The maximum atomic E-state index is 12.6. The fourth-order valence-corrected chi connectivity index (χ4v) is 7.85. The Morgan fingerprint density at radius 2 is 0.898 bits per heavy atom. The Morgan fingerprint density at radius 3 is 1.34 bits per heavy atom. The first kappa shape index (κ1) is 57.7. The Morgan fingerprint density at radius 1 is 0.508 bits per heavy atom. The molecule has 0 amide bonds. The van der Waals surface area contributed by atoms with E-state index in [9.17, 15) is 14.3 Å². The van der Waals surface area contributed by atoms with Crippen molar-refractivity contribution in [1.29, 1.82) is 0 Å². The van der Waals surface area contributed by atoms with Crippen molar-refractivity contribution in [3.63, 3.8) is 0 Å². The van der Waals surface area contributed by atoms with E-state index in [2.05, 4.69) is 50.3 Å². The van der Waals surface area contributed by atoms with Crippen LogP contribution in [0.15, 0.2) is 36.5 Å². The smallest absolute Gasteiger partial charge is 0.457 e. The Balaban J connectivity index is 3.93. The largest absolute Gasteiger partial charge is 0.472 e. The highest BCUT2D eigenvalue weighted by Crippen LogP contribution is 2.43. The number of nitrogens with two attached hydrogens (primary N) is 1. The highest BCUT2D eigenvalue weighted by atomic mass is 31.2. The van der Waals surface area contributed by atoms with E-state index in [0.717, 1.165) is 51.4 Å². The summed E-state index contributed by atoms with van der Waals surface area (Å²) in [5.74, 6) is -0.337. The van der Waals surface area contributed by atoms with Gasteiger partial charge in [0.05, 0.1) is 19.8 Å². The molecule has 2 unspecified atom stereocenters. The minimum atomic E-state index is -4.28. The molecule has 59 heavy (non-hydrogen) atoms. The maximum Gasteiger partial charge on any atom is 0.472 e. The highest BCUT2D eigenvalue weighted by molar-refractivity contribution is 7.47. The van der Waals surface area contributed by atoms with Gasteiger partial charge < -0.3 is 20.1 Å². The molecule has 0 rings (SSSR count). The minimum Gasteiger partial charge on any atom is -0.457 e. The van der Waals surface area contributed by atoms with Crippen LogP contribution in [0.2, 0.25) is 0 Å². The average Bonchev–Trinajstić information content (AvgIpc) is 3.23. The zero-order valence-electron chi connectivity index (χ0n) is 38.7. The quantitative estimate of drug-likeness (QED) is 0.0269. The molecule has 3 N–H and O–H groups in total. The maximum absolute atomic E-state index is 12.6. The Hall–Kier alpha value is -1.28. The Kier molecular flexibility index (Phi) is 46.7. The number of phosphoric acid groups is 1. The third-order valence-corrected chi connectivity index (χ3v) is 11.8. The third kappa shape index (κ3) is 47.6. The molecule has 348 valence electrons. The van der Waals surface area contributed by atoms with E-state index in [4.69, 9.17) is 24.3 Å². The number of unbranched alkanes of at least 4 members (excludes halogenated alkanes) is 29. The molecule has 0 saturated heterocycles. The fourth-order valence-electron chi connectivity index (χ4n) is 7.08. The summed E-state index contributed by atoms with van der Waals surface area (Å²) in [5, 5.41) is 0. The number of hydrogen-bond donors (Lipinski definition) is 2. The van der Waals surface area contributed by atoms with Crippen molar-refractivity contribution >= 4 is 13.8 Å². The zero-order valence-corrected chi connectivity index (χ0v) is 39.6. The lowest BCUT2D eigenvalue weighted by Gasteiger charge is -2.20. The number of carbonyl (C=O) groups excluding carboxylic acids is 1. The van der Waals surface area contributed by atoms with Crippen LogP contribution < -0.4 is 5.73 Å². The molecule has 0 saturated carbocycles. The van der Waals surface area contributed by atoms with E-state index in [1.54, 1.807) is 0 Å². The van der Waals surface area contributed by atoms with Crippen molar-refractivity contribution in [1.82, 2.24) is 0 Å².